The fraction of sp³-hybridized carbons (Fsp3) is 0.361. The summed E-state index contributed by atoms with van der Waals surface area (Å²) in [6.45, 7) is 8.81. The van der Waals surface area contributed by atoms with Crippen LogP contribution in [0.15, 0.2) is 60.7 Å². The molecular weight excluding hydrogens is 670 g/mol. The normalized spacial score (nSPS) is 12.2. The van der Waals surface area contributed by atoms with Gasteiger partial charge < -0.3 is 36.5 Å². The van der Waals surface area contributed by atoms with E-state index < -0.39 is 35.7 Å². The van der Waals surface area contributed by atoms with E-state index in [-0.39, 0.29) is 48.0 Å². The van der Waals surface area contributed by atoms with Crippen molar-refractivity contribution in [1.82, 2.24) is 30.2 Å². The van der Waals surface area contributed by atoms with Gasteiger partial charge in [-0.25, -0.2) is 9.36 Å². The number of rotatable bonds is 16. The minimum atomic E-state index is -1.06. The Bertz CT molecular complexity index is 1900. The van der Waals surface area contributed by atoms with E-state index in [1.54, 1.807) is 66.2 Å². The van der Waals surface area contributed by atoms with Gasteiger partial charge in [0.05, 0.1) is 27.3 Å². The molecule has 2 heterocycles. The molecule has 0 fully saturated rings. The number of methoxy groups -OCH3 is 2. The molecule has 0 spiro atoms. The highest BCUT2D eigenvalue weighted by Crippen LogP contribution is 2.19. The van der Waals surface area contributed by atoms with E-state index in [2.05, 4.69) is 31.5 Å². The van der Waals surface area contributed by atoms with Crippen molar-refractivity contribution in [2.45, 2.75) is 59.8 Å². The number of nitrogens with one attached hydrogen (secondary N) is 4. The first-order chi connectivity index (χ1) is 24.7. The summed E-state index contributed by atoms with van der Waals surface area (Å²) >= 11 is 0. The number of nitrogens with two attached hydrogens (primary N) is 1. The third-order valence-corrected chi connectivity index (χ3v) is 8.07. The average Bonchev–Trinajstić information content (AvgIpc) is 3.69. The van der Waals surface area contributed by atoms with Crippen LogP contribution in [0.25, 0.3) is 0 Å². The van der Waals surface area contributed by atoms with Gasteiger partial charge >= 0.3 is 0 Å². The largest absolute Gasteiger partial charge is 0.497 e. The highest BCUT2D eigenvalue weighted by Gasteiger charge is 2.32. The zero-order chi connectivity index (χ0) is 38.1. The molecule has 0 aliphatic rings. The minimum absolute atomic E-state index is 0.0239. The Kier molecular flexibility index (Phi) is 12.7. The van der Waals surface area contributed by atoms with Crippen LogP contribution in [0.4, 0.5) is 11.6 Å². The van der Waals surface area contributed by atoms with Crippen molar-refractivity contribution in [3.63, 3.8) is 0 Å². The third-order valence-electron chi connectivity index (χ3n) is 8.07. The van der Waals surface area contributed by atoms with Crippen LogP contribution < -0.4 is 36.5 Å². The number of ether oxygens (including phenoxy) is 2. The Morgan fingerprint density at radius 1 is 0.673 bits per heavy atom. The molecule has 0 bridgehead atoms. The zero-order valence-corrected chi connectivity index (χ0v) is 30.2. The van der Waals surface area contributed by atoms with Crippen LogP contribution in [0.3, 0.4) is 0 Å². The van der Waals surface area contributed by atoms with Gasteiger partial charge in [0.1, 0.15) is 35.2 Å². The van der Waals surface area contributed by atoms with Crippen molar-refractivity contribution < 1.29 is 33.4 Å². The van der Waals surface area contributed by atoms with Crippen LogP contribution in [0, 0.1) is 11.8 Å². The molecule has 0 radical (unpaired) electrons. The molecule has 0 aliphatic heterocycles. The van der Waals surface area contributed by atoms with E-state index in [0.717, 1.165) is 11.1 Å². The smallest absolute Gasteiger partial charge is 0.272 e. The number of hydrogen-bond donors (Lipinski definition) is 5. The maximum Gasteiger partial charge on any atom is 0.272 e. The van der Waals surface area contributed by atoms with Gasteiger partial charge in [-0.1, -0.05) is 52.0 Å². The second-order valence-electron chi connectivity index (χ2n) is 12.8. The number of amides is 5. The number of aromatic nitrogens is 4. The van der Waals surface area contributed by atoms with Gasteiger partial charge in [0.2, 0.25) is 17.7 Å². The van der Waals surface area contributed by atoms with Crippen LogP contribution >= 0.6 is 0 Å². The van der Waals surface area contributed by atoms with Crippen LogP contribution in [-0.4, -0.2) is 75.4 Å². The van der Waals surface area contributed by atoms with Crippen LogP contribution in [-0.2, 0) is 27.5 Å². The second kappa shape index (κ2) is 17.2. The van der Waals surface area contributed by atoms with E-state index >= 15 is 0 Å². The van der Waals surface area contributed by atoms with E-state index in [1.807, 2.05) is 24.3 Å². The molecule has 5 amide bonds. The summed E-state index contributed by atoms with van der Waals surface area (Å²) in [4.78, 5) is 64.8. The fourth-order valence-electron chi connectivity index (χ4n) is 5.23. The molecule has 2 aromatic heterocycles. The van der Waals surface area contributed by atoms with E-state index in [4.69, 9.17) is 15.2 Å². The lowest BCUT2D eigenvalue weighted by Crippen LogP contribution is -2.56. The molecule has 0 saturated carbocycles. The Labute approximate surface area is 301 Å². The molecule has 0 unspecified atom stereocenters. The molecule has 6 N–H and O–H groups in total. The zero-order valence-electron chi connectivity index (χ0n) is 30.2. The maximum atomic E-state index is 13.7. The monoisotopic (exact) mass is 715 g/mol. The van der Waals surface area contributed by atoms with Gasteiger partial charge in [0.25, 0.3) is 11.8 Å². The first kappa shape index (κ1) is 38.6. The number of benzene rings is 2. The molecule has 2 atom stereocenters. The van der Waals surface area contributed by atoms with Crippen molar-refractivity contribution >= 4 is 41.2 Å². The highest BCUT2D eigenvalue weighted by molar-refractivity contribution is 6.01. The lowest BCUT2D eigenvalue weighted by molar-refractivity contribution is -0.129. The highest BCUT2D eigenvalue weighted by atomic mass is 16.5. The summed E-state index contributed by atoms with van der Waals surface area (Å²) < 4.78 is 13.3. The Morgan fingerprint density at radius 3 is 1.56 bits per heavy atom. The second-order valence-corrected chi connectivity index (χ2v) is 12.8. The summed E-state index contributed by atoms with van der Waals surface area (Å²) in [5, 5.41) is 19.6. The SMILES string of the molecule is COc1ccc(Cn2nc(C(=O)N[C@H](C(=O)N[C@H](C(=O)Nc3cc(C(N)=O)nn3Cc3ccc(OC)cc3)C(C)C)C(C)C)cc2NC(C)=O)cc1. The van der Waals surface area contributed by atoms with Crippen molar-refractivity contribution in [1.29, 1.82) is 0 Å². The molecule has 16 nitrogen and oxygen atoms in total. The molecule has 0 saturated heterocycles. The van der Waals surface area contributed by atoms with Gasteiger partial charge in [-0.3, -0.25) is 24.0 Å². The van der Waals surface area contributed by atoms with Gasteiger partial charge in [0, 0.05) is 19.1 Å². The number of anilines is 2. The molecule has 4 aromatic rings. The molecule has 0 aliphatic carbocycles. The first-order valence-corrected chi connectivity index (χ1v) is 16.6. The van der Waals surface area contributed by atoms with Crippen LogP contribution in [0.1, 0.15) is 66.7 Å². The molecule has 2 aromatic carbocycles. The predicted molar refractivity (Wildman–Crippen MR) is 193 cm³/mol. The molecule has 52 heavy (non-hydrogen) atoms. The summed E-state index contributed by atoms with van der Waals surface area (Å²) in [5.74, 6) is -1.88. The Morgan fingerprint density at radius 2 is 1.12 bits per heavy atom. The minimum Gasteiger partial charge on any atom is -0.497 e. The van der Waals surface area contributed by atoms with Gasteiger partial charge in [-0.15, -0.1) is 0 Å². The molecular formula is C36H45N9O7. The summed E-state index contributed by atoms with van der Waals surface area (Å²) in [5.41, 5.74) is 7.07. The lowest BCUT2D eigenvalue weighted by atomic mass is 9.99. The van der Waals surface area contributed by atoms with E-state index in [0.29, 0.717) is 17.3 Å². The molecule has 276 valence electrons. The number of primary amides is 1. The van der Waals surface area contributed by atoms with Gasteiger partial charge in [-0.05, 0) is 47.2 Å². The Balaban J connectivity index is 1.50. The first-order valence-electron chi connectivity index (χ1n) is 16.6. The van der Waals surface area contributed by atoms with E-state index in [1.165, 1.54) is 28.4 Å². The predicted octanol–water partition coefficient (Wildman–Crippen LogP) is 2.78. The number of nitrogens with zero attached hydrogens (tertiary/aromatic N) is 4. The van der Waals surface area contributed by atoms with Crippen molar-refractivity contribution in [2.75, 3.05) is 24.9 Å². The summed E-state index contributed by atoms with van der Waals surface area (Å²) in [7, 11) is 3.12. The number of hydrogen-bond acceptors (Lipinski definition) is 9. The molecule has 4 rings (SSSR count). The quantitative estimate of drug-likeness (QED) is 0.115. The summed E-state index contributed by atoms with van der Waals surface area (Å²) in [6, 6.07) is 15.1. The van der Waals surface area contributed by atoms with Gasteiger partial charge in [0.15, 0.2) is 11.4 Å². The number of carbonyl (C=O) groups excluding carboxylic acids is 5. The third kappa shape index (κ3) is 9.95. The van der Waals surface area contributed by atoms with Crippen molar-refractivity contribution in [3.8, 4) is 11.5 Å². The standard InChI is InChI=1S/C36H45N9O7/c1-20(2)31(35(49)39-30-16-27(33(37)47)42-45(30)19-24-10-14-26(52-7)15-11-24)41-36(50)32(21(3)4)40-34(48)28-17-29(38-22(5)46)44(43-28)18-23-8-12-25(51-6)13-9-23/h8-17,20-21,31-32H,18-19H2,1-7H3,(H2,37,47)(H,38,46)(H,39,49)(H,40,48)(H,41,50)/t31-,32-/m0/s1. The van der Waals surface area contributed by atoms with Crippen molar-refractivity contribution in [3.05, 3.63) is 83.2 Å². The Hall–Kier alpha value is -6.19. The van der Waals surface area contributed by atoms with Crippen LogP contribution in [0.2, 0.25) is 0 Å². The van der Waals surface area contributed by atoms with Crippen LogP contribution in [0.5, 0.6) is 11.5 Å². The summed E-state index contributed by atoms with van der Waals surface area (Å²) in [6.07, 6.45) is 0. The number of carbonyl (C=O) groups is 5. The average molecular weight is 716 g/mol. The lowest BCUT2D eigenvalue weighted by Gasteiger charge is -2.27. The fourth-order valence-corrected chi connectivity index (χ4v) is 5.23. The molecule has 16 heteroatoms. The van der Waals surface area contributed by atoms with Crippen molar-refractivity contribution in [2.24, 2.45) is 17.6 Å². The topological polar surface area (TPSA) is 214 Å². The van der Waals surface area contributed by atoms with Gasteiger partial charge in [-0.2, -0.15) is 10.2 Å². The maximum absolute atomic E-state index is 13.7. The van der Waals surface area contributed by atoms with E-state index in [9.17, 15) is 24.0 Å².